The minimum absolute atomic E-state index is 0.0676. The number of morpholine rings is 1. The minimum atomic E-state index is -3.44. The SMILES string of the molecule is CC(C)N1CCOC(CS(=O)(=O)c2ccc(F)cc2)C1. The maximum absolute atomic E-state index is 12.8. The van der Waals surface area contributed by atoms with Crippen LogP contribution < -0.4 is 0 Å². The molecule has 6 heteroatoms. The summed E-state index contributed by atoms with van der Waals surface area (Å²) in [4.78, 5) is 2.35. The van der Waals surface area contributed by atoms with Crippen molar-refractivity contribution in [3.05, 3.63) is 30.1 Å². The van der Waals surface area contributed by atoms with Gasteiger partial charge in [0.15, 0.2) is 9.84 Å². The van der Waals surface area contributed by atoms with Gasteiger partial charge in [-0.2, -0.15) is 0 Å². The highest BCUT2D eigenvalue weighted by Crippen LogP contribution is 2.17. The van der Waals surface area contributed by atoms with Gasteiger partial charge in [0.1, 0.15) is 5.82 Å². The molecule has 0 N–H and O–H groups in total. The molecule has 0 aromatic heterocycles. The largest absolute Gasteiger partial charge is 0.374 e. The van der Waals surface area contributed by atoms with Crippen LogP contribution in [-0.4, -0.2) is 50.9 Å². The van der Waals surface area contributed by atoms with Crippen molar-refractivity contribution in [2.75, 3.05) is 25.4 Å². The van der Waals surface area contributed by atoms with E-state index in [-0.39, 0.29) is 16.8 Å². The van der Waals surface area contributed by atoms with E-state index < -0.39 is 15.7 Å². The molecule has 1 unspecified atom stereocenters. The fourth-order valence-electron chi connectivity index (χ4n) is 2.29. The zero-order valence-corrected chi connectivity index (χ0v) is 12.6. The first-order valence-corrected chi connectivity index (χ1v) is 8.37. The van der Waals surface area contributed by atoms with Crippen molar-refractivity contribution in [2.24, 2.45) is 0 Å². The van der Waals surface area contributed by atoms with E-state index in [2.05, 4.69) is 18.7 Å². The van der Waals surface area contributed by atoms with Gasteiger partial charge in [-0.05, 0) is 38.1 Å². The van der Waals surface area contributed by atoms with Crippen LogP contribution in [0.25, 0.3) is 0 Å². The Hall–Kier alpha value is -0.980. The molecular formula is C14H20FNO3S. The van der Waals surface area contributed by atoms with E-state index in [4.69, 9.17) is 4.74 Å². The van der Waals surface area contributed by atoms with Gasteiger partial charge >= 0.3 is 0 Å². The van der Waals surface area contributed by atoms with Gasteiger partial charge in [-0.25, -0.2) is 12.8 Å². The number of hydrogen-bond donors (Lipinski definition) is 0. The highest BCUT2D eigenvalue weighted by atomic mass is 32.2. The number of ether oxygens (including phenoxy) is 1. The average molecular weight is 301 g/mol. The standard InChI is InChI=1S/C14H20FNO3S/c1-11(2)16-7-8-19-13(9-16)10-20(17,18)14-5-3-12(15)4-6-14/h3-6,11,13H,7-10H2,1-2H3. The van der Waals surface area contributed by atoms with Crippen LogP contribution in [0.5, 0.6) is 0 Å². The maximum Gasteiger partial charge on any atom is 0.180 e. The molecule has 112 valence electrons. The molecule has 1 aliphatic heterocycles. The summed E-state index contributed by atoms with van der Waals surface area (Å²) in [5.74, 6) is -0.508. The van der Waals surface area contributed by atoms with E-state index in [9.17, 15) is 12.8 Å². The predicted molar refractivity (Wildman–Crippen MR) is 74.9 cm³/mol. The Kier molecular flexibility index (Phi) is 4.78. The fourth-order valence-corrected chi connectivity index (χ4v) is 3.73. The van der Waals surface area contributed by atoms with Crippen LogP contribution in [-0.2, 0) is 14.6 Å². The molecule has 0 spiro atoms. The Labute approximate surface area is 119 Å². The van der Waals surface area contributed by atoms with Crippen LogP contribution in [0.1, 0.15) is 13.8 Å². The number of halogens is 1. The van der Waals surface area contributed by atoms with E-state index in [1.165, 1.54) is 12.1 Å². The van der Waals surface area contributed by atoms with Gasteiger partial charge in [0.25, 0.3) is 0 Å². The second kappa shape index (κ2) is 6.20. The lowest BCUT2D eigenvalue weighted by Crippen LogP contribution is -2.48. The molecule has 0 amide bonds. The molecule has 0 bridgehead atoms. The molecule has 1 saturated heterocycles. The first kappa shape index (κ1) is 15.4. The molecule has 4 nitrogen and oxygen atoms in total. The topological polar surface area (TPSA) is 46.6 Å². The molecule has 1 atom stereocenters. The van der Waals surface area contributed by atoms with E-state index in [1.54, 1.807) is 0 Å². The van der Waals surface area contributed by atoms with Crippen LogP contribution in [0.3, 0.4) is 0 Å². The van der Waals surface area contributed by atoms with Gasteiger partial charge in [0.05, 0.1) is 23.4 Å². The van der Waals surface area contributed by atoms with Gasteiger partial charge in [-0.15, -0.1) is 0 Å². The summed E-state index contributed by atoms with van der Waals surface area (Å²) in [5, 5.41) is 0. The van der Waals surface area contributed by atoms with Crippen LogP contribution >= 0.6 is 0 Å². The normalized spacial score (nSPS) is 21.3. The average Bonchev–Trinajstić information content (AvgIpc) is 2.39. The first-order valence-electron chi connectivity index (χ1n) is 6.72. The lowest BCUT2D eigenvalue weighted by Gasteiger charge is -2.35. The number of benzene rings is 1. The van der Waals surface area contributed by atoms with Crippen molar-refractivity contribution < 1.29 is 17.5 Å². The summed E-state index contributed by atoms with van der Waals surface area (Å²) in [6.07, 6.45) is -0.332. The van der Waals surface area contributed by atoms with Crippen molar-refractivity contribution in [3.63, 3.8) is 0 Å². The second-order valence-corrected chi connectivity index (χ2v) is 7.35. The molecule has 0 aliphatic carbocycles. The molecule has 0 radical (unpaired) electrons. The van der Waals surface area contributed by atoms with Gasteiger partial charge in [-0.3, -0.25) is 4.90 Å². The molecule has 1 fully saturated rings. The third kappa shape index (κ3) is 3.77. The lowest BCUT2D eigenvalue weighted by molar-refractivity contribution is -0.0272. The summed E-state index contributed by atoms with van der Waals surface area (Å²) in [5.41, 5.74) is 0. The van der Waals surface area contributed by atoms with Crippen molar-refractivity contribution in [2.45, 2.75) is 30.9 Å². The number of sulfone groups is 1. The monoisotopic (exact) mass is 301 g/mol. The van der Waals surface area contributed by atoms with Crippen LogP contribution in [0, 0.1) is 5.82 Å². The van der Waals surface area contributed by atoms with Crippen molar-refractivity contribution >= 4 is 9.84 Å². The van der Waals surface area contributed by atoms with Crippen LogP contribution in [0.2, 0.25) is 0 Å². The molecule has 1 aromatic rings. The zero-order chi connectivity index (χ0) is 14.8. The Morgan fingerprint density at radius 1 is 1.35 bits per heavy atom. The lowest BCUT2D eigenvalue weighted by atomic mass is 10.2. The van der Waals surface area contributed by atoms with Crippen molar-refractivity contribution in [1.29, 1.82) is 0 Å². The van der Waals surface area contributed by atoms with E-state index in [0.29, 0.717) is 19.2 Å². The number of nitrogens with zero attached hydrogens (tertiary/aromatic N) is 1. The molecule has 1 aliphatic rings. The first-order chi connectivity index (χ1) is 9.38. The summed E-state index contributed by atoms with van der Waals surface area (Å²) in [6.45, 7) is 6.14. The molecule has 1 heterocycles. The van der Waals surface area contributed by atoms with Crippen LogP contribution in [0.15, 0.2) is 29.2 Å². The predicted octanol–water partition coefficient (Wildman–Crippen LogP) is 1.71. The summed E-state index contributed by atoms with van der Waals surface area (Å²) >= 11 is 0. The summed E-state index contributed by atoms with van der Waals surface area (Å²) in [6, 6.07) is 5.29. The quantitative estimate of drug-likeness (QED) is 0.794. The molecule has 0 saturated carbocycles. The molecular weight excluding hydrogens is 281 g/mol. The Bertz CT molecular complexity index is 542. The Morgan fingerprint density at radius 2 is 2.00 bits per heavy atom. The summed E-state index contributed by atoms with van der Waals surface area (Å²) < 4.78 is 42.9. The minimum Gasteiger partial charge on any atom is -0.374 e. The smallest absolute Gasteiger partial charge is 0.180 e. The highest BCUT2D eigenvalue weighted by Gasteiger charge is 2.27. The van der Waals surface area contributed by atoms with E-state index >= 15 is 0 Å². The molecule has 20 heavy (non-hydrogen) atoms. The van der Waals surface area contributed by atoms with Crippen LogP contribution in [0.4, 0.5) is 4.39 Å². The summed E-state index contributed by atoms with van der Waals surface area (Å²) in [7, 11) is -3.44. The van der Waals surface area contributed by atoms with Crippen molar-refractivity contribution in [1.82, 2.24) is 4.90 Å². The second-order valence-electron chi connectivity index (χ2n) is 5.32. The third-order valence-electron chi connectivity index (χ3n) is 3.48. The number of hydrogen-bond acceptors (Lipinski definition) is 4. The Balaban J connectivity index is 2.06. The fraction of sp³-hybridized carbons (Fsp3) is 0.571. The molecule has 1 aromatic carbocycles. The Morgan fingerprint density at radius 3 is 2.60 bits per heavy atom. The highest BCUT2D eigenvalue weighted by molar-refractivity contribution is 7.91. The third-order valence-corrected chi connectivity index (χ3v) is 5.28. The van der Waals surface area contributed by atoms with E-state index in [1.807, 2.05) is 0 Å². The van der Waals surface area contributed by atoms with Gasteiger partial charge in [0, 0.05) is 19.1 Å². The zero-order valence-electron chi connectivity index (χ0n) is 11.8. The van der Waals surface area contributed by atoms with Gasteiger partial charge in [0.2, 0.25) is 0 Å². The molecule has 2 rings (SSSR count). The maximum atomic E-state index is 12.8. The van der Waals surface area contributed by atoms with Gasteiger partial charge in [-0.1, -0.05) is 0 Å². The van der Waals surface area contributed by atoms with Crippen molar-refractivity contribution in [3.8, 4) is 0 Å². The van der Waals surface area contributed by atoms with E-state index in [0.717, 1.165) is 18.7 Å². The van der Waals surface area contributed by atoms with Gasteiger partial charge < -0.3 is 4.74 Å². The number of rotatable bonds is 4.